The van der Waals surface area contributed by atoms with Gasteiger partial charge in [0.1, 0.15) is 6.26 Å². The number of ketones is 1. The number of aromatic nitrogens is 1. The van der Waals surface area contributed by atoms with Gasteiger partial charge in [0.25, 0.3) is 0 Å². The van der Waals surface area contributed by atoms with E-state index in [1.807, 2.05) is 0 Å². The van der Waals surface area contributed by atoms with Gasteiger partial charge in [0.2, 0.25) is 0 Å². The fourth-order valence-electron chi connectivity index (χ4n) is 1.26. The number of aldehydes is 1. The average molecular weight is 221 g/mol. The molecule has 2 aromatic rings. The van der Waals surface area contributed by atoms with Crippen molar-refractivity contribution >= 4 is 23.4 Å². The highest BCUT2D eigenvalue weighted by atomic mass is 32.1. The van der Waals surface area contributed by atoms with Gasteiger partial charge in [0, 0.05) is 10.4 Å². The number of aryl methyl sites for hydroxylation is 1. The second-order valence-corrected chi connectivity index (χ2v) is 4.27. The Morgan fingerprint density at radius 2 is 2.40 bits per heavy atom. The normalized spacial score (nSPS) is 10.2. The molecule has 15 heavy (non-hydrogen) atoms. The molecule has 0 aliphatic rings. The van der Waals surface area contributed by atoms with Crippen molar-refractivity contribution < 1.29 is 14.1 Å². The molecule has 4 nitrogen and oxygen atoms in total. The van der Waals surface area contributed by atoms with Crippen molar-refractivity contribution in [1.29, 1.82) is 0 Å². The summed E-state index contributed by atoms with van der Waals surface area (Å²) in [5, 5.41) is 3.46. The first-order valence-electron chi connectivity index (χ1n) is 4.22. The maximum absolute atomic E-state index is 11.8. The van der Waals surface area contributed by atoms with E-state index in [0.29, 0.717) is 16.0 Å². The van der Waals surface area contributed by atoms with Gasteiger partial charge in [0.15, 0.2) is 12.1 Å². The number of nitrogens with zero attached hydrogens (tertiary/aromatic N) is 1. The number of rotatable bonds is 3. The van der Waals surface area contributed by atoms with E-state index in [0.717, 1.165) is 11.2 Å². The molecule has 76 valence electrons. The standard InChI is InChI=1S/C10H7NO3S/c1-6-9(2-8(4-12)15-6)10(13)7-3-11-14-5-7/h2-5H,1H3. The highest BCUT2D eigenvalue weighted by molar-refractivity contribution is 7.14. The molecule has 5 heteroatoms. The third-order valence-electron chi connectivity index (χ3n) is 1.99. The van der Waals surface area contributed by atoms with Gasteiger partial charge < -0.3 is 4.52 Å². The summed E-state index contributed by atoms with van der Waals surface area (Å²) >= 11 is 1.30. The third-order valence-corrected chi connectivity index (χ3v) is 2.97. The maximum atomic E-state index is 11.8. The molecule has 0 saturated carbocycles. The molecule has 2 heterocycles. The van der Waals surface area contributed by atoms with Gasteiger partial charge in [-0.25, -0.2) is 0 Å². The van der Waals surface area contributed by atoms with Crippen LogP contribution in [0.5, 0.6) is 0 Å². The van der Waals surface area contributed by atoms with E-state index in [4.69, 9.17) is 0 Å². The number of thiophene rings is 1. The summed E-state index contributed by atoms with van der Waals surface area (Å²) in [4.78, 5) is 23.8. The second-order valence-electron chi connectivity index (χ2n) is 2.98. The largest absolute Gasteiger partial charge is 0.364 e. The molecule has 0 atom stereocenters. The van der Waals surface area contributed by atoms with Crippen LogP contribution in [0.2, 0.25) is 0 Å². The lowest BCUT2D eigenvalue weighted by Crippen LogP contribution is -1.99. The predicted octanol–water partition coefficient (Wildman–Crippen LogP) is 2.09. The Hall–Kier alpha value is -1.75. The van der Waals surface area contributed by atoms with Crippen LogP contribution in [-0.4, -0.2) is 17.2 Å². The fraction of sp³-hybridized carbons (Fsp3) is 0.100. The highest BCUT2D eigenvalue weighted by Gasteiger charge is 2.16. The molecule has 0 spiro atoms. The zero-order valence-corrected chi connectivity index (χ0v) is 8.71. The first-order chi connectivity index (χ1) is 7.22. The zero-order valence-electron chi connectivity index (χ0n) is 7.89. The van der Waals surface area contributed by atoms with Crippen molar-refractivity contribution in [2.24, 2.45) is 0 Å². The second kappa shape index (κ2) is 3.78. The Labute approximate surface area is 89.5 Å². The molecule has 0 saturated heterocycles. The van der Waals surface area contributed by atoms with Crippen LogP contribution in [0.1, 0.15) is 30.5 Å². The van der Waals surface area contributed by atoms with Crippen molar-refractivity contribution in [2.45, 2.75) is 6.92 Å². The molecular weight excluding hydrogens is 214 g/mol. The monoisotopic (exact) mass is 221 g/mol. The SMILES string of the molecule is Cc1sc(C=O)cc1C(=O)c1cnoc1. The summed E-state index contributed by atoms with van der Waals surface area (Å²) in [6.07, 6.45) is 3.39. The lowest BCUT2D eigenvalue weighted by molar-refractivity contribution is 0.103. The van der Waals surface area contributed by atoms with Crippen molar-refractivity contribution in [1.82, 2.24) is 5.16 Å². The fourth-order valence-corrected chi connectivity index (χ4v) is 2.10. The Morgan fingerprint density at radius 1 is 1.60 bits per heavy atom. The van der Waals surface area contributed by atoms with Gasteiger partial charge in [-0.1, -0.05) is 5.16 Å². The predicted molar refractivity (Wildman–Crippen MR) is 54.4 cm³/mol. The molecule has 0 N–H and O–H groups in total. The molecule has 0 aliphatic heterocycles. The molecular formula is C10H7NO3S. The van der Waals surface area contributed by atoms with E-state index in [1.165, 1.54) is 23.8 Å². The lowest BCUT2D eigenvalue weighted by atomic mass is 10.1. The molecule has 0 unspecified atom stereocenters. The lowest BCUT2D eigenvalue weighted by Gasteiger charge is -1.93. The minimum absolute atomic E-state index is 0.168. The van der Waals surface area contributed by atoms with Crippen molar-refractivity contribution in [3.63, 3.8) is 0 Å². The number of hydrogen-bond donors (Lipinski definition) is 0. The summed E-state index contributed by atoms with van der Waals surface area (Å²) in [7, 11) is 0. The van der Waals surface area contributed by atoms with E-state index >= 15 is 0 Å². The van der Waals surface area contributed by atoms with E-state index in [1.54, 1.807) is 13.0 Å². The molecule has 2 rings (SSSR count). The zero-order chi connectivity index (χ0) is 10.8. The van der Waals surface area contributed by atoms with E-state index in [-0.39, 0.29) is 5.78 Å². The van der Waals surface area contributed by atoms with Crippen molar-refractivity contribution in [3.8, 4) is 0 Å². The summed E-state index contributed by atoms with van der Waals surface area (Å²) in [6, 6.07) is 1.59. The minimum Gasteiger partial charge on any atom is -0.364 e. The molecule has 0 aromatic carbocycles. The minimum atomic E-state index is -0.168. The smallest absolute Gasteiger partial charge is 0.199 e. The van der Waals surface area contributed by atoms with E-state index in [9.17, 15) is 9.59 Å². The van der Waals surface area contributed by atoms with Crippen LogP contribution in [0.15, 0.2) is 23.0 Å². The van der Waals surface area contributed by atoms with Crippen molar-refractivity contribution in [2.75, 3.05) is 0 Å². The van der Waals surface area contributed by atoms with Crippen LogP contribution in [0.4, 0.5) is 0 Å². The van der Waals surface area contributed by atoms with Crippen LogP contribution in [0.25, 0.3) is 0 Å². The summed E-state index contributed by atoms with van der Waals surface area (Å²) < 4.78 is 4.59. The quantitative estimate of drug-likeness (QED) is 0.588. The first-order valence-corrected chi connectivity index (χ1v) is 5.03. The molecule has 0 aliphatic carbocycles. The van der Waals surface area contributed by atoms with Gasteiger partial charge >= 0.3 is 0 Å². The Balaban J connectivity index is 2.41. The van der Waals surface area contributed by atoms with Gasteiger partial charge in [-0.3, -0.25) is 9.59 Å². The Bertz CT molecular complexity index is 499. The molecule has 0 bridgehead atoms. The van der Waals surface area contributed by atoms with Gasteiger partial charge in [0.05, 0.1) is 16.6 Å². The molecule has 2 aromatic heterocycles. The summed E-state index contributed by atoms with van der Waals surface area (Å²) in [5.74, 6) is -0.168. The van der Waals surface area contributed by atoms with Gasteiger partial charge in [-0.15, -0.1) is 11.3 Å². The average Bonchev–Trinajstić information content (AvgIpc) is 2.85. The molecule has 0 radical (unpaired) electrons. The van der Waals surface area contributed by atoms with Crippen LogP contribution in [0.3, 0.4) is 0 Å². The van der Waals surface area contributed by atoms with E-state index in [2.05, 4.69) is 9.68 Å². The Kier molecular flexibility index (Phi) is 2.47. The van der Waals surface area contributed by atoms with Crippen molar-refractivity contribution in [3.05, 3.63) is 39.4 Å². The number of carbonyl (C=O) groups excluding carboxylic acids is 2. The highest BCUT2D eigenvalue weighted by Crippen LogP contribution is 2.22. The van der Waals surface area contributed by atoms with Crippen LogP contribution >= 0.6 is 11.3 Å². The summed E-state index contributed by atoms with van der Waals surface area (Å²) in [5.41, 5.74) is 0.929. The van der Waals surface area contributed by atoms with Gasteiger partial charge in [-0.05, 0) is 13.0 Å². The van der Waals surface area contributed by atoms with Crippen LogP contribution < -0.4 is 0 Å². The topological polar surface area (TPSA) is 60.2 Å². The summed E-state index contributed by atoms with van der Waals surface area (Å²) in [6.45, 7) is 1.80. The number of hydrogen-bond acceptors (Lipinski definition) is 5. The molecule has 0 fully saturated rings. The van der Waals surface area contributed by atoms with Crippen LogP contribution in [0, 0.1) is 6.92 Å². The van der Waals surface area contributed by atoms with E-state index < -0.39 is 0 Å². The third kappa shape index (κ3) is 1.73. The first kappa shape index (κ1) is 9.79. The maximum Gasteiger partial charge on any atom is 0.199 e. The molecule has 0 amide bonds. The van der Waals surface area contributed by atoms with Gasteiger partial charge in [-0.2, -0.15) is 0 Å². The van der Waals surface area contributed by atoms with Crippen LogP contribution in [-0.2, 0) is 0 Å². The number of carbonyl (C=O) groups is 2. The Morgan fingerprint density at radius 3 is 2.93 bits per heavy atom.